The second kappa shape index (κ2) is 5.30. The van der Waals surface area contributed by atoms with Gasteiger partial charge in [0.2, 0.25) is 5.91 Å². The van der Waals surface area contributed by atoms with Crippen LogP contribution in [-0.2, 0) is 4.79 Å². The lowest BCUT2D eigenvalue weighted by Crippen LogP contribution is -2.25. The first-order valence-electron chi connectivity index (χ1n) is 5.48. The Hall–Kier alpha value is -2.10. The number of carbonyl (C=O) groups is 1. The first kappa shape index (κ1) is 11.4. The SMILES string of the molecule is CC(=O)NCCOc1ccc2ncccc2c1. The molecule has 0 bridgehead atoms. The van der Waals surface area contributed by atoms with E-state index >= 15 is 0 Å². The van der Waals surface area contributed by atoms with Crippen molar-refractivity contribution in [3.05, 3.63) is 36.5 Å². The van der Waals surface area contributed by atoms with Gasteiger partial charge in [-0.3, -0.25) is 9.78 Å². The molecule has 0 saturated heterocycles. The monoisotopic (exact) mass is 230 g/mol. The summed E-state index contributed by atoms with van der Waals surface area (Å²) in [5.74, 6) is 0.743. The topological polar surface area (TPSA) is 51.2 Å². The number of hydrogen-bond acceptors (Lipinski definition) is 3. The highest BCUT2D eigenvalue weighted by Gasteiger charge is 1.98. The number of hydrogen-bond donors (Lipinski definition) is 1. The van der Waals surface area contributed by atoms with Gasteiger partial charge in [0, 0.05) is 18.5 Å². The van der Waals surface area contributed by atoms with E-state index in [1.165, 1.54) is 6.92 Å². The number of pyridine rings is 1. The number of carbonyl (C=O) groups excluding carboxylic acids is 1. The smallest absolute Gasteiger partial charge is 0.216 e. The normalized spacial score (nSPS) is 10.2. The molecule has 1 aromatic carbocycles. The molecular formula is C13H14N2O2. The Morgan fingerprint density at radius 1 is 1.41 bits per heavy atom. The van der Waals surface area contributed by atoms with Crippen molar-refractivity contribution < 1.29 is 9.53 Å². The Bertz CT molecular complexity index is 526. The standard InChI is InChI=1S/C13H14N2O2/c1-10(16)14-7-8-17-12-4-5-13-11(9-12)3-2-6-15-13/h2-6,9H,7-8H2,1H3,(H,14,16). The van der Waals surface area contributed by atoms with Gasteiger partial charge < -0.3 is 10.1 Å². The summed E-state index contributed by atoms with van der Waals surface area (Å²) in [6.45, 7) is 2.47. The molecule has 0 fully saturated rings. The number of benzene rings is 1. The lowest BCUT2D eigenvalue weighted by atomic mass is 10.2. The minimum absolute atomic E-state index is 0.0451. The van der Waals surface area contributed by atoms with Crippen molar-refractivity contribution in [3.63, 3.8) is 0 Å². The molecule has 4 heteroatoms. The number of amides is 1. The minimum atomic E-state index is -0.0451. The Labute approximate surface area is 99.6 Å². The molecule has 0 unspecified atom stereocenters. The molecule has 2 rings (SSSR count). The largest absolute Gasteiger partial charge is 0.492 e. The van der Waals surface area contributed by atoms with E-state index in [2.05, 4.69) is 10.3 Å². The maximum absolute atomic E-state index is 10.7. The van der Waals surface area contributed by atoms with E-state index in [4.69, 9.17) is 4.74 Å². The summed E-state index contributed by atoms with van der Waals surface area (Å²) >= 11 is 0. The highest BCUT2D eigenvalue weighted by atomic mass is 16.5. The second-order valence-electron chi connectivity index (χ2n) is 3.69. The molecule has 1 amide bonds. The van der Waals surface area contributed by atoms with Crippen LogP contribution in [0, 0.1) is 0 Å². The highest BCUT2D eigenvalue weighted by molar-refractivity contribution is 5.79. The Kier molecular flexibility index (Phi) is 3.55. The van der Waals surface area contributed by atoms with Crippen LogP contribution in [0.1, 0.15) is 6.92 Å². The average molecular weight is 230 g/mol. The maximum atomic E-state index is 10.7. The number of fused-ring (bicyclic) bond motifs is 1. The summed E-state index contributed by atoms with van der Waals surface area (Å²) in [6, 6.07) is 9.62. The number of ether oxygens (including phenoxy) is 1. The van der Waals surface area contributed by atoms with Crippen LogP contribution in [0.25, 0.3) is 10.9 Å². The van der Waals surface area contributed by atoms with Crippen LogP contribution in [0.5, 0.6) is 5.75 Å². The van der Waals surface area contributed by atoms with Crippen molar-refractivity contribution in [2.45, 2.75) is 6.92 Å². The molecule has 0 spiro atoms. The Balaban J connectivity index is 1.97. The second-order valence-corrected chi connectivity index (χ2v) is 3.69. The van der Waals surface area contributed by atoms with Gasteiger partial charge in [-0.1, -0.05) is 6.07 Å². The zero-order chi connectivity index (χ0) is 12.1. The fourth-order valence-corrected chi connectivity index (χ4v) is 1.54. The predicted octanol–water partition coefficient (Wildman–Crippen LogP) is 1.75. The Morgan fingerprint density at radius 2 is 2.29 bits per heavy atom. The quantitative estimate of drug-likeness (QED) is 0.814. The van der Waals surface area contributed by atoms with Gasteiger partial charge in [0.25, 0.3) is 0 Å². The molecular weight excluding hydrogens is 216 g/mol. The van der Waals surface area contributed by atoms with Crippen LogP contribution < -0.4 is 10.1 Å². The lowest BCUT2D eigenvalue weighted by Gasteiger charge is -2.07. The first-order chi connectivity index (χ1) is 8.25. The van der Waals surface area contributed by atoms with E-state index in [0.717, 1.165) is 16.7 Å². The van der Waals surface area contributed by atoms with Crippen LogP contribution in [0.15, 0.2) is 36.5 Å². The molecule has 2 aromatic rings. The molecule has 0 aliphatic rings. The van der Waals surface area contributed by atoms with Crippen molar-refractivity contribution in [2.75, 3.05) is 13.2 Å². The third-order valence-electron chi connectivity index (χ3n) is 2.32. The van der Waals surface area contributed by atoms with Crippen molar-refractivity contribution in [3.8, 4) is 5.75 Å². The molecule has 1 aromatic heterocycles. The average Bonchev–Trinajstić information content (AvgIpc) is 2.34. The van der Waals surface area contributed by atoms with Crippen LogP contribution >= 0.6 is 0 Å². The number of rotatable bonds is 4. The van der Waals surface area contributed by atoms with Crippen molar-refractivity contribution in [2.24, 2.45) is 0 Å². The molecule has 0 atom stereocenters. The van der Waals surface area contributed by atoms with E-state index in [1.807, 2.05) is 30.3 Å². The van der Waals surface area contributed by atoms with Gasteiger partial charge in [0.1, 0.15) is 12.4 Å². The van der Waals surface area contributed by atoms with Crippen LogP contribution in [0.2, 0.25) is 0 Å². The third kappa shape index (κ3) is 3.17. The van der Waals surface area contributed by atoms with Crippen LogP contribution in [0.4, 0.5) is 0 Å². The van der Waals surface area contributed by atoms with E-state index in [0.29, 0.717) is 13.2 Å². The van der Waals surface area contributed by atoms with E-state index in [1.54, 1.807) is 6.20 Å². The molecule has 0 radical (unpaired) electrons. The number of nitrogens with zero attached hydrogens (tertiary/aromatic N) is 1. The number of aromatic nitrogens is 1. The van der Waals surface area contributed by atoms with Crippen molar-refractivity contribution in [1.29, 1.82) is 0 Å². The molecule has 1 heterocycles. The van der Waals surface area contributed by atoms with Gasteiger partial charge in [0.05, 0.1) is 12.1 Å². The molecule has 4 nitrogen and oxygen atoms in total. The van der Waals surface area contributed by atoms with Gasteiger partial charge in [-0.15, -0.1) is 0 Å². The summed E-state index contributed by atoms with van der Waals surface area (Å²) in [6.07, 6.45) is 1.76. The first-order valence-corrected chi connectivity index (χ1v) is 5.48. The third-order valence-corrected chi connectivity index (χ3v) is 2.32. The van der Waals surface area contributed by atoms with E-state index in [9.17, 15) is 4.79 Å². The zero-order valence-electron chi connectivity index (χ0n) is 9.64. The summed E-state index contributed by atoms with van der Waals surface area (Å²) < 4.78 is 5.52. The summed E-state index contributed by atoms with van der Waals surface area (Å²) in [4.78, 5) is 14.9. The Morgan fingerprint density at radius 3 is 3.12 bits per heavy atom. The van der Waals surface area contributed by atoms with Gasteiger partial charge >= 0.3 is 0 Å². The molecule has 0 aliphatic carbocycles. The van der Waals surface area contributed by atoms with Gasteiger partial charge in [-0.05, 0) is 24.3 Å². The van der Waals surface area contributed by atoms with Gasteiger partial charge in [0.15, 0.2) is 0 Å². The van der Waals surface area contributed by atoms with Crippen LogP contribution in [-0.4, -0.2) is 24.0 Å². The highest BCUT2D eigenvalue weighted by Crippen LogP contribution is 2.18. The molecule has 0 aliphatic heterocycles. The predicted molar refractivity (Wildman–Crippen MR) is 65.9 cm³/mol. The molecule has 0 saturated carbocycles. The van der Waals surface area contributed by atoms with E-state index in [-0.39, 0.29) is 5.91 Å². The molecule has 88 valence electrons. The molecule has 17 heavy (non-hydrogen) atoms. The lowest BCUT2D eigenvalue weighted by molar-refractivity contribution is -0.119. The minimum Gasteiger partial charge on any atom is -0.492 e. The number of nitrogens with one attached hydrogen (secondary N) is 1. The summed E-state index contributed by atoms with van der Waals surface area (Å²) in [5, 5.41) is 3.72. The zero-order valence-corrected chi connectivity index (χ0v) is 9.64. The fraction of sp³-hybridized carbons (Fsp3) is 0.231. The molecule has 1 N–H and O–H groups in total. The van der Waals surface area contributed by atoms with Gasteiger partial charge in [-0.2, -0.15) is 0 Å². The van der Waals surface area contributed by atoms with Crippen molar-refractivity contribution in [1.82, 2.24) is 10.3 Å². The fourth-order valence-electron chi connectivity index (χ4n) is 1.54. The summed E-state index contributed by atoms with van der Waals surface area (Å²) in [5.41, 5.74) is 0.946. The van der Waals surface area contributed by atoms with Gasteiger partial charge in [-0.25, -0.2) is 0 Å². The van der Waals surface area contributed by atoms with E-state index < -0.39 is 0 Å². The maximum Gasteiger partial charge on any atom is 0.216 e. The van der Waals surface area contributed by atoms with Crippen LogP contribution in [0.3, 0.4) is 0 Å². The summed E-state index contributed by atoms with van der Waals surface area (Å²) in [7, 11) is 0. The van der Waals surface area contributed by atoms with Crippen molar-refractivity contribution >= 4 is 16.8 Å².